The third-order valence-corrected chi connectivity index (χ3v) is 4.76. The summed E-state index contributed by atoms with van der Waals surface area (Å²) < 4.78 is 1.93. The number of nitrogens with two attached hydrogens (primary N) is 1. The Kier molecular flexibility index (Phi) is 4.40. The molecule has 0 saturated heterocycles. The molecule has 4 N–H and O–H groups in total. The Morgan fingerprint density at radius 2 is 2.00 bits per heavy atom. The van der Waals surface area contributed by atoms with E-state index in [1.807, 2.05) is 0 Å². The monoisotopic (exact) mass is 459 g/mol. The number of phenolic OH excluding ortho intramolecular Hbond substituents is 1. The largest absolute Gasteiger partial charge is 0.507 e. The van der Waals surface area contributed by atoms with Gasteiger partial charge in [-0.2, -0.15) is 0 Å². The number of benzene rings is 2. The summed E-state index contributed by atoms with van der Waals surface area (Å²) in [7, 11) is 0. The minimum Gasteiger partial charge on any atom is -0.507 e. The third kappa shape index (κ3) is 3.04. The number of aromatic amines is 1. The van der Waals surface area contributed by atoms with Crippen LogP contribution in [0.15, 0.2) is 51.7 Å². The molecular formula is C18H11BrClN5O3. The second kappa shape index (κ2) is 6.77. The standard InChI is InChI=1S/C18H11BrClN5O3/c19-8-4-5-12(26)11(6-8)16-22-13(15(21)27)14-17(24-16)25(18(28)23-14)10-3-1-2-9(20)7-10/h1-7,26H,(H2,21,27)(H,23,28). The lowest BCUT2D eigenvalue weighted by Crippen LogP contribution is -2.15. The highest BCUT2D eigenvalue weighted by Gasteiger charge is 2.21. The van der Waals surface area contributed by atoms with E-state index in [1.165, 1.54) is 10.6 Å². The molecule has 140 valence electrons. The van der Waals surface area contributed by atoms with Gasteiger partial charge in [0.1, 0.15) is 11.3 Å². The van der Waals surface area contributed by atoms with Crippen molar-refractivity contribution in [1.29, 1.82) is 0 Å². The number of imidazole rings is 1. The fraction of sp³-hybridized carbons (Fsp3) is 0. The van der Waals surface area contributed by atoms with Gasteiger partial charge < -0.3 is 15.8 Å². The molecular weight excluding hydrogens is 450 g/mol. The highest BCUT2D eigenvalue weighted by molar-refractivity contribution is 9.10. The number of carbonyl (C=O) groups is 1. The van der Waals surface area contributed by atoms with Gasteiger partial charge in [0.15, 0.2) is 17.2 Å². The number of phenols is 1. The number of fused-ring (bicyclic) bond motifs is 1. The van der Waals surface area contributed by atoms with E-state index in [-0.39, 0.29) is 34.0 Å². The lowest BCUT2D eigenvalue weighted by Gasteiger charge is -2.08. The van der Waals surface area contributed by atoms with E-state index in [9.17, 15) is 14.7 Å². The number of halogens is 2. The molecule has 2 aromatic heterocycles. The average Bonchev–Trinajstić information content (AvgIpc) is 2.98. The van der Waals surface area contributed by atoms with Crippen LogP contribution in [0.4, 0.5) is 0 Å². The Bertz CT molecular complexity index is 1310. The van der Waals surface area contributed by atoms with E-state index in [1.54, 1.807) is 36.4 Å². The molecule has 8 nitrogen and oxygen atoms in total. The van der Waals surface area contributed by atoms with Crippen LogP contribution in [0.5, 0.6) is 5.75 Å². The zero-order valence-corrected chi connectivity index (χ0v) is 16.3. The molecule has 0 atom stereocenters. The molecule has 0 aliphatic rings. The molecule has 4 aromatic rings. The summed E-state index contributed by atoms with van der Waals surface area (Å²) in [5.41, 5.74) is 5.70. The van der Waals surface area contributed by atoms with Crippen LogP contribution in [0.3, 0.4) is 0 Å². The van der Waals surface area contributed by atoms with Crippen molar-refractivity contribution in [3.05, 3.63) is 68.1 Å². The summed E-state index contributed by atoms with van der Waals surface area (Å²) in [6, 6.07) is 11.3. The average molecular weight is 461 g/mol. The SMILES string of the molecule is NC(=O)c1nc(-c2cc(Br)ccc2O)nc2c1[nH]c(=O)n2-c1cccc(Cl)c1. The van der Waals surface area contributed by atoms with E-state index in [4.69, 9.17) is 17.3 Å². The molecule has 0 fully saturated rings. The smallest absolute Gasteiger partial charge is 0.332 e. The Labute approximate surface area is 170 Å². The number of hydrogen-bond acceptors (Lipinski definition) is 5. The molecule has 1 amide bonds. The lowest BCUT2D eigenvalue weighted by atomic mass is 10.2. The van der Waals surface area contributed by atoms with Crippen LogP contribution in [-0.2, 0) is 0 Å². The number of amides is 1. The van der Waals surface area contributed by atoms with Crippen molar-refractivity contribution in [3.8, 4) is 22.8 Å². The molecule has 0 spiro atoms. The first-order chi connectivity index (χ1) is 13.3. The van der Waals surface area contributed by atoms with Gasteiger partial charge in [-0.1, -0.05) is 33.6 Å². The van der Waals surface area contributed by atoms with Crippen molar-refractivity contribution in [2.75, 3.05) is 0 Å². The minimum atomic E-state index is -0.845. The Balaban J connectivity index is 2.10. The van der Waals surface area contributed by atoms with Gasteiger partial charge in [-0.3, -0.25) is 4.79 Å². The summed E-state index contributed by atoms with van der Waals surface area (Å²) in [5.74, 6) is -0.900. The van der Waals surface area contributed by atoms with Crippen LogP contribution in [0.1, 0.15) is 10.5 Å². The van der Waals surface area contributed by atoms with Crippen molar-refractivity contribution in [1.82, 2.24) is 19.5 Å². The number of nitrogens with one attached hydrogen (secondary N) is 1. The molecule has 0 bridgehead atoms. The van der Waals surface area contributed by atoms with Crippen LogP contribution < -0.4 is 11.4 Å². The normalized spacial score (nSPS) is 11.1. The zero-order valence-electron chi connectivity index (χ0n) is 14.0. The topological polar surface area (TPSA) is 127 Å². The summed E-state index contributed by atoms with van der Waals surface area (Å²) in [5, 5.41) is 10.6. The summed E-state index contributed by atoms with van der Waals surface area (Å²) in [6.45, 7) is 0. The second-order valence-electron chi connectivity index (χ2n) is 5.87. The van der Waals surface area contributed by atoms with Gasteiger partial charge in [-0.15, -0.1) is 0 Å². The molecule has 0 aliphatic heterocycles. The maximum Gasteiger partial charge on any atom is 0.332 e. The predicted octanol–water partition coefficient (Wildman–Crippen LogP) is 3.00. The van der Waals surface area contributed by atoms with Gasteiger partial charge >= 0.3 is 5.69 Å². The fourth-order valence-electron chi connectivity index (χ4n) is 2.83. The van der Waals surface area contributed by atoms with Crippen molar-refractivity contribution in [2.45, 2.75) is 0 Å². The first-order valence-electron chi connectivity index (χ1n) is 7.92. The molecule has 0 unspecified atom stereocenters. The number of carbonyl (C=O) groups excluding carboxylic acids is 1. The first kappa shape index (κ1) is 18.2. The molecule has 0 aliphatic carbocycles. The van der Waals surface area contributed by atoms with E-state index in [0.717, 1.165) is 0 Å². The van der Waals surface area contributed by atoms with E-state index >= 15 is 0 Å². The van der Waals surface area contributed by atoms with Crippen LogP contribution in [-0.4, -0.2) is 30.5 Å². The Morgan fingerprint density at radius 1 is 1.21 bits per heavy atom. The number of H-pyrrole nitrogens is 1. The molecule has 2 aromatic carbocycles. The van der Waals surface area contributed by atoms with Gasteiger partial charge in [0.2, 0.25) is 0 Å². The highest BCUT2D eigenvalue weighted by Crippen LogP contribution is 2.31. The lowest BCUT2D eigenvalue weighted by molar-refractivity contribution is 0.0997. The van der Waals surface area contributed by atoms with Crippen LogP contribution in [0, 0.1) is 0 Å². The number of hydrogen-bond donors (Lipinski definition) is 3. The number of aromatic nitrogens is 4. The highest BCUT2D eigenvalue weighted by atomic mass is 79.9. The maximum atomic E-state index is 12.6. The number of rotatable bonds is 3. The van der Waals surface area contributed by atoms with E-state index in [0.29, 0.717) is 15.2 Å². The van der Waals surface area contributed by atoms with Crippen molar-refractivity contribution >= 4 is 44.6 Å². The van der Waals surface area contributed by atoms with Gasteiger partial charge in [0.25, 0.3) is 5.91 Å². The van der Waals surface area contributed by atoms with Gasteiger partial charge in [0.05, 0.1) is 11.3 Å². The molecule has 2 heterocycles. The summed E-state index contributed by atoms with van der Waals surface area (Å²) in [4.78, 5) is 35.7. The predicted molar refractivity (Wildman–Crippen MR) is 108 cm³/mol. The minimum absolute atomic E-state index is 0.0369. The molecule has 0 radical (unpaired) electrons. The molecule has 10 heteroatoms. The van der Waals surface area contributed by atoms with Gasteiger partial charge in [-0.25, -0.2) is 19.3 Å². The number of nitrogens with zero attached hydrogens (tertiary/aromatic N) is 3. The Morgan fingerprint density at radius 3 is 2.71 bits per heavy atom. The van der Waals surface area contributed by atoms with E-state index in [2.05, 4.69) is 30.9 Å². The maximum absolute atomic E-state index is 12.6. The van der Waals surface area contributed by atoms with E-state index < -0.39 is 11.6 Å². The molecule has 0 saturated carbocycles. The van der Waals surface area contributed by atoms with Crippen LogP contribution >= 0.6 is 27.5 Å². The summed E-state index contributed by atoms with van der Waals surface area (Å²) in [6.07, 6.45) is 0. The fourth-order valence-corrected chi connectivity index (χ4v) is 3.37. The third-order valence-electron chi connectivity index (χ3n) is 4.04. The molecule has 4 rings (SSSR count). The van der Waals surface area contributed by atoms with Crippen LogP contribution in [0.2, 0.25) is 5.02 Å². The zero-order chi connectivity index (χ0) is 20.0. The quantitative estimate of drug-likeness (QED) is 0.433. The number of primary amides is 1. The van der Waals surface area contributed by atoms with Gasteiger partial charge in [-0.05, 0) is 36.4 Å². The summed E-state index contributed by atoms with van der Waals surface area (Å²) >= 11 is 9.36. The van der Waals surface area contributed by atoms with Crippen molar-refractivity contribution in [3.63, 3.8) is 0 Å². The molecule has 28 heavy (non-hydrogen) atoms. The second-order valence-corrected chi connectivity index (χ2v) is 7.22. The first-order valence-corrected chi connectivity index (χ1v) is 9.09. The van der Waals surface area contributed by atoms with Crippen molar-refractivity contribution in [2.24, 2.45) is 5.73 Å². The van der Waals surface area contributed by atoms with Crippen molar-refractivity contribution < 1.29 is 9.90 Å². The number of aromatic hydroxyl groups is 1. The van der Waals surface area contributed by atoms with Crippen LogP contribution in [0.25, 0.3) is 28.2 Å². The Hall–Kier alpha value is -3.17. The van der Waals surface area contributed by atoms with Gasteiger partial charge in [0, 0.05) is 9.50 Å².